The molecule has 4 rings (SSSR count). The zero-order valence-electron chi connectivity index (χ0n) is 22.2. The van der Waals surface area contributed by atoms with Crippen molar-refractivity contribution >= 4 is 64.8 Å². The van der Waals surface area contributed by atoms with Crippen molar-refractivity contribution in [1.29, 1.82) is 0 Å². The Balaban J connectivity index is 1.63. The lowest BCUT2D eigenvalue weighted by atomic mass is 9.78. The molecule has 14 heteroatoms. The summed E-state index contributed by atoms with van der Waals surface area (Å²) in [6, 6.07) is 12.6. The van der Waals surface area contributed by atoms with Gasteiger partial charge in [-0.2, -0.15) is 0 Å². The van der Waals surface area contributed by atoms with Gasteiger partial charge < -0.3 is 14.8 Å². The number of alkyl halides is 3. The van der Waals surface area contributed by atoms with Crippen LogP contribution in [0, 0.1) is 0 Å². The summed E-state index contributed by atoms with van der Waals surface area (Å²) in [6.45, 7) is 5.66. The number of anilines is 2. The minimum absolute atomic E-state index is 0.140. The highest BCUT2D eigenvalue weighted by Gasteiger charge is 2.33. The maximum Gasteiger partial charge on any atom is 0.573 e. The molecule has 4 aromatic rings. The molecule has 2 aromatic heterocycles. The van der Waals surface area contributed by atoms with E-state index in [1.165, 1.54) is 35.7 Å². The number of carbonyl (C=O) groups is 1. The van der Waals surface area contributed by atoms with Gasteiger partial charge in [0.05, 0.1) is 22.4 Å². The highest BCUT2D eigenvalue weighted by Crippen LogP contribution is 2.39. The molecule has 0 aliphatic rings. The maximum absolute atomic E-state index is 13.1. The molecule has 0 radical (unpaired) electrons. The van der Waals surface area contributed by atoms with Crippen LogP contribution in [0.25, 0.3) is 10.1 Å². The number of nitrogens with zero attached hydrogens (tertiary/aromatic N) is 1. The largest absolute Gasteiger partial charge is 0.573 e. The normalized spacial score (nSPS) is 12.3. The fourth-order valence-electron chi connectivity index (χ4n) is 4.06. The van der Waals surface area contributed by atoms with Crippen LogP contribution in [0.2, 0.25) is 0 Å². The van der Waals surface area contributed by atoms with Gasteiger partial charge in [-0.15, -0.1) is 24.5 Å². The van der Waals surface area contributed by atoms with Crippen LogP contribution in [0.3, 0.4) is 0 Å². The Labute approximate surface area is 247 Å². The minimum Gasteiger partial charge on any atom is -0.494 e. The Hall–Kier alpha value is -3.36. The number of hydrogen-bond acceptors (Lipinski definition) is 7. The monoisotopic (exact) mass is 671 g/mol. The third kappa shape index (κ3) is 7.89. The SMILES string of the molecule is CCOc1cc(OC(F)(F)F)cc(C(C)(C)c2cc(Br)cc(NC(=O)c3cc4cc(NS(C)(=O)=O)ncc4s3)c2)c1. The lowest BCUT2D eigenvalue weighted by molar-refractivity contribution is -0.274. The molecule has 2 heterocycles. The Morgan fingerprint density at radius 1 is 1.02 bits per heavy atom. The summed E-state index contributed by atoms with van der Waals surface area (Å²) in [5.41, 5.74) is 0.835. The number of nitrogens with one attached hydrogen (secondary N) is 2. The molecule has 0 fully saturated rings. The van der Waals surface area contributed by atoms with Gasteiger partial charge in [0.1, 0.15) is 17.3 Å². The second kappa shape index (κ2) is 11.5. The molecule has 2 N–H and O–H groups in total. The number of halogens is 4. The van der Waals surface area contributed by atoms with Crippen molar-refractivity contribution in [2.75, 3.05) is 22.9 Å². The number of amides is 1. The molecule has 0 atom stereocenters. The second-order valence-electron chi connectivity index (χ2n) is 9.57. The molecule has 8 nitrogen and oxygen atoms in total. The number of fused-ring (bicyclic) bond motifs is 1. The molecule has 41 heavy (non-hydrogen) atoms. The first-order chi connectivity index (χ1) is 19.0. The summed E-state index contributed by atoms with van der Waals surface area (Å²) >= 11 is 4.66. The number of hydrogen-bond donors (Lipinski definition) is 2. The predicted octanol–water partition coefficient (Wildman–Crippen LogP) is 7.31. The molecule has 0 saturated heterocycles. The van der Waals surface area contributed by atoms with E-state index < -0.39 is 33.5 Å². The smallest absolute Gasteiger partial charge is 0.494 e. The van der Waals surface area contributed by atoms with Gasteiger partial charge in [0.25, 0.3) is 5.91 Å². The highest BCUT2D eigenvalue weighted by molar-refractivity contribution is 9.10. The summed E-state index contributed by atoms with van der Waals surface area (Å²) < 4.78 is 75.3. The fourth-order valence-corrected chi connectivity index (χ4v) is 5.95. The first-order valence-electron chi connectivity index (χ1n) is 12.1. The van der Waals surface area contributed by atoms with E-state index in [4.69, 9.17) is 4.74 Å². The molecule has 1 amide bonds. The Morgan fingerprint density at radius 3 is 2.37 bits per heavy atom. The molecule has 218 valence electrons. The van der Waals surface area contributed by atoms with E-state index in [0.717, 1.165) is 6.26 Å². The number of rotatable bonds is 9. The van der Waals surface area contributed by atoms with Gasteiger partial charge in [0.15, 0.2) is 0 Å². The molecular formula is C27H25BrF3N3O5S2. The lowest BCUT2D eigenvalue weighted by Gasteiger charge is -2.28. The summed E-state index contributed by atoms with van der Waals surface area (Å²) in [6.07, 6.45) is -2.37. The van der Waals surface area contributed by atoms with Crippen LogP contribution in [0.5, 0.6) is 11.5 Å². The predicted molar refractivity (Wildman–Crippen MR) is 157 cm³/mol. The molecule has 0 bridgehead atoms. The average molecular weight is 673 g/mol. The molecule has 0 aliphatic carbocycles. The number of ether oxygens (including phenoxy) is 2. The van der Waals surface area contributed by atoms with Gasteiger partial charge >= 0.3 is 6.36 Å². The zero-order valence-corrected chi connectivity index (χ0v) is 25.4. The van der Waals surface area contributed by atoms with Crippen LogP contribution in [-0.4, -0.2) is 38.5 Å². The number of aromatic nitrogens is 1. The molecule has 0 unspecified atom stereocenters. The van der Waals surface area contributed by atoms with Crippen molar-refractivity contribution in [3.63, 3.8) is 0 Å². The Bertz CT molecular complexity index is 1720. The summed E-state index contributed by atoms with van der Waals surface area (Å²) in [5, 5.41) is 3.50. The standard InChI is InChI=1S/C27H25BrF3N3O5S2/c1-5-38-20-10-17(11-21(13-20)39-27(29,30)31)26(2,3)16-8-18(28)12-19(9-16)33-25(35)22-6-15-7-24(34-41(4,36)37)32-14-23(15)40-22/h6-14H,5H2,1-4H3,(H,32,34)(H,33,35). The van der Waals surface area contributed by atoms with Crippen molar-refractivity contribution < 1.29 is 35.9 Å². The summed E-state index contributed by atoms with van der Waals surface area (Å²) in [4.78, 5) is 17.6. The van der Waals surface area contributed by atoms with Crippen molar-refractivity contribution in [2.24, 2.45) is 0 Å². The Kier molecular flexibility index (Phi) is 8.58. The van der Waals surface area contributed by atoms with Gasteiger partial charge in [-0.25, -0.2) is 13.4 Å². The molecular weight excluding hydrogens is 647 g/mol. The van der Waals surface area contributed by atoms with E-state index in [0.29, 0.717) is 36.3 Å². The van der Waals surface area contributed by atoms with Gasteiger partial charge in [0.2, 0.25) is 10.0 Å². The quantitative estimate of drug-likeness (QED) is 0.193. The number of sulfonamides is 1. The van der Waals surface area contributed by atoms with Gasteiger partial charge in [-0.1, -0.05) is 29.8 Å². The van der Waals surface area contributed by atoms with E-state index >= 15 is 0 Å². The average Bonchev–Trinajstić information content (AvgIpc) is 3.25. The van der Waals surface area contributed by atoms with Crippen LogP contribution in [0.15, 0.2) is 59.2 Å². The van der Waals surface area contributed by atoms with Crippen LogP contribution < -0.4 is 19.5 Å². The van der Waals surface area contributed by atoms with E-state index in [1.54, 1.807) is 31.2 Å². The third-order valence-electron chi connectivity index (χ3n) is 5.94. The maximum atomic E-state index is 13.1. The van der Waals surface area contributed by atoms with E-state index in [9.17, 15) is 26.4 Å². The molecule has 0 spiro atoms. The van der Waals surface area contributed by atoms with E-state index in [1.807, 2.05) is 19.9 Å². The molecule has 2 aromatic carbocycles. The summed E-state index contributed by atoms with van der Waals surface area (Å²) in [7, 11) is -3.51. The second-order valence-corrected chi connectivity index (χ2v) is 13.3. The molecule has 0 saturated carbocycles. The van der Waals surface area contributed by atoms with Gasteiger partial charge in [0, 0.05) is 27.8 Å². The van der Waals surface area contributed by atoms with Crippen molar-refractivity contribution in [3.05, 3.63) is 75.2 Å². The van der Waals surface area contributed by atoms with Crippen LogP contribution in [0.4, 0.5) is 24.7 Å². The fraction of sp³-hybridized carbons (Fsp3) is 0.259. The first-order valence-corrected chi connectivity index (χ1v) is 15.6. The number of thiophene rings is 1. The third-order valence-corrected chi connectivity index (χ3v) is 8.06. The topological polar surface area (TPSA) is 107 Å². The highest BCUT2D eigenvalue weighted by atomic mass is 79.9. The number of pyridine rings is 1. The lowest BCUT2D eigenvalue weighted by Crippen LogP contribution is -2.21. The van der Waals surface area contributed by atoms with Crippen LogP contribution in [-0.2, 0) is 15.4 Å². The van der Waals surface area contributed by atoms with Gasteiger partial charge in [-0.05, 0) is 65.9 Å². The molecule has 0 aliphatic heterocycles. The van der Waals surface area contributed by atoms with Crippen molar-refractivity contribution in [2.45, 2.75) is 32.5 Å². The van der Waals surface area contributed by atoms with Crippen molar-refractivity contribution in [3.8, 4) is 11.5 Å². The van der Waals surface area contributed by atoms with Crippen molar-refractivity contribution in [1.82, 2.24) is 4.98 Å². The summed E-state index contributed by atoms with van der Waals surface area (Å²) in [5.74, 6) is -0.426. The number of benzene rings is 2. The van der Waals surface area contributed by atoms with E-state index in [-0.39, 0.29) is 18.2 Å². The first kappa shape index (κ1) is 30.6. The van der Waals surface area contributed by atoms with Gasteiger partial charge in [-0.3, -0.25) is 9.52 Å². The van der Waals surface area contributed by atoms with Crippen LogP contribution in [0.1, 0.15) is 41.6 Å². The zero-order chi connectivity index (χ0) is 30.2. The Morgan fingerprint density at radius 2 is 1.71 bits per heavy atom. The number of carbonyl (C=O) groups excluding carboxylic acids is 1. The minimum atomic E-state index is -4.87. The van der Waals surface area contributed by atoms with Crippen LogP contribution >= 0.6 is 27.3 Å². The van der Waals surface area contributed by atoms with E-state index in [2.05, 4.69) is 35.7 Å².